The van der Waals surface area contributed by atoms with Gasteiger partial charge in [-0.25, -0.2) is 4.79 Å². The van der Waals surface area contributed by atoms with Gasteiger partial charge in [0.1, 0.15) is 4.33 Å². The molecule has 1 unspecified atom stereocenters. The van der Waals surface area contributed by atoms with Crippen LogP contribution in [0.2, 0.25) is 0 Å². The van der Waals surface area contributed by atoms with E-state index in [9.17, 15) is 4.79 Å². The van der Waals surface area contributed by atoms with Crippen LogP contribution in [0.15, 0.2) is 17.1 Å². The Morgan fingerprint density at radius 1 is 1.67 bits per heavy atom. The Hall–Kier alpha value is -0.300. The molecule has 66 valence electrons. The highest BCUT2D eigenvalue weighted by atomic mass is 35.5. The molecule has 1 aliphatic rings. The minimum absolute atomic E-state index is 0.131. The van der Waals surface area contributed by atoms with E-state index in [0.717, 1.165) is 5.57 Å². The molecule has 0 spiro atoms. The van der Waals surface area contributed by atoms with Crippen molar-refractivity contribution in [3.8, 4) is 0 Å². The standard InChI is InChI=1S/C8H9Cl2NO/c1-6-4-8(9,10)3-2-7(6)11-5-12/h7H,1-4H2. The van der Waals surface area contributed by atoms with Crippen LogP contribution in [0.25, 0.3) is 0 Å². The average molecular weight is 206 g/mol. The molecule has 0 aliphatic heterocycles. The summed E-state index contributed by atoms with van der Waals surface area (Å²) in [4.78, 5) is 13.6. The van der Waals surface area contributed by atoms with Gasteiger partial charge in [0, 0.05) is 6.42 Å². The minimum Gasteiger partial charge on any atom is -0.211 e. The first-order chi connectivity index (χ1) is 5.55. The van der Waals surface area contributed by atoms with E-state index in [0.29, 0.717) is 19.3 Å². The second-order valence-electron chi connectivity index (χ2n) is 2.97. The van der Waals surface area contributed by atoms with Crippen LogP contribution < -0.4 is 0 Å². The van der Waals surface area contributed by atoms with Gasteiger partial charge in [0.05, 0.1) is 6.04 Å². The van der Waals surface area contributed by atoms with Crippen LogP contribution in [0.3, 0.4) is 0 Å². The van der Waals surface area contributed by atoms with E-state index in [1.165, 1.54) is 6.08 Å². The van der Waals surface area contributed by atoms with Crippen LogP contribution in [-0.4, -0.2) is 16.5 Å². The number of isocyanates is 1. The zero-order valence-electron chi connectivity index (χ0n) is 6.52. The molecule has 0 N–H and O–H groups in total. The monoisotopic (exact) mass is 205 g/mol. The second-order valence-corrected chi connectivity index (χ2v) is 4.61. The van der Waals surface area contributed by atoms with E-state index in [2.05, 4.69) is 11.6 Å². The van der Waals surface area contributed by atoms with Crippen molar-refractivity contribution in [1.82, 2.24) is 0 Å². The van der Waals surface area contributed by atoms with Crippen molar-refractivity contribution in [2.45, 2.75) is 29.6 Å². The lowest BCUT2D eigenvalue weighted by molar-refractivity contribution is 0.506. The zero-order chi connectivity index (χ0) is 9.19. The molecule has 0 saturated heterocycles. The maximum Gasteiger partial charge on any atom is 0.235 e. The van der Waals surface area contributed by atoms with Crippen LogP contribution >= 0.6 is 23.2 Å². The van der Waals surface area contributed by atoms with E-state index in [4.69, 9.17) is 23.2 Å². The molecule has 1 saturated carbocycles. The van der Waals surface area contributed by atoms with Gasteiger partial charge in [-0.3, -0.25) is 0 Å². The van der Waals surface area contributed by atoms with Gasteiger partial charge in [-0.2, -0.15) is 4.99 Å². The molecule has 0 aromatic carbocycles. The highest BCUT2D eigenvalue weighted by Gasteiger charge is 2.33. The van der Waals surface area contributed by atoms with Gasteiger partial charge in [0.2, 0.25) is 6.08 Å². The summed E-state index contributed by atoms with van der Waals surface area (Å²) in [6, 6.07) is -0.131. The number of rotatable bonds is 1. The topological polar surface area (TPSA) is 29.4 Å². The van der Waals surface area contributed by atoms with Crippen molar-refractivity contribution in [1.29, 1.82) is 0 Å². The van der Waals surface area contributed by atoms with Gasteiger partial charge >= 0.3 is 0 Å². The Labute approximate surface area is 81.3 Å². The fourth-order valence-electron chi connectivity index (χ4n) is 1.31. The number of alkyl halides is 2. The highest BCUT2D eigenvalue weighted by molar-refractivity contribution is 6.48. The number of hydrogen-bond donors (Lipinski definition) is 0. The molecular weight excluding hydrogens is 197 g/mol. The molecule has 0 heterocycles. The summed E-state index contributed by atoms with van der Waals surface area (Å²) in [6.45, 7) is 3.77. The lowest BCUT2D eigenvalue weighted by Gasteiger charge is -2.29. The molecular formula is C8H9Cl2NO. The molecule has 0 amide bonds. The summed E-state index contributed by atoms with van der Waals surface area (Å²) in [5.74, 6) is 0. The molecule has 0 radical (unpaired) electrons. The predicted molar refractivity (Wildman–Crippen MR) is 49.3 cm³/mol. The summed E-state index contributed by atoms with van der Waals surface area (Å²) in [7, 11) is 0. The first-order valence-electron chi connectivity index (χ1n) is 3.68. The fraction of sp³-hybridized carbons (Fsp3) is 0.625. The smallest absolute Gasteiger partial charge is 0.211 e. The molecule has 1 fully saturated rings. The summed E-state index contributed by atoms with van der Waals surface area (Å²) >= 11 is 11.8. The Bertz CT molecular complexity index is 243. The molecule has 0 bridgehead atoms. The number of halogens is 2. The van der Waals surface area contributed by atoms with E-state index >= 15 is 0 Å². The largest absolute Gasteiger partial charge is 0.235 e. The number of carbonyl (C=O) groups excluding carboxylic acids is 1. The molecule has 1 atom stereocenters. The van der Waals surface area contributed by atoms with E-state index in [1.54, 1.807) is 0 Å². The average Bonchev–Trinajstić information content (AvgIpc) is 1.94. The molecule has 12 heavy (non-hydrogen) atoms. The Morgan fingerprint density at radius 2 is 2.33 bits per heavy atom. The third-order valence-electron chi connectivity index (χ3n) is 1.95. The summed E-state index contributed by atoms with van der Waals surface area (Å²) in [5, 5.41) is 0. The van der Waals surface area contributed by atoms with Crippen molar-refractivity contribution in [2.24, 2.45) is 4.99 Å². The van der Waals surface area contributed by atoms with Crippen LogP contribution in [0.4, 0.5) is 0 Å². The van der Waals surface area contributed by atoms with Crippen molar-refractivity contribution < 1.29 is 4.79 Å². The van der Waals surface area contributed by atoms with Crippen molar-refractivity contribution in [2.75, 3.05) is 0 Å². The third-order valence-corrected chi connectivity index (χ3v) is 2.59. The van der Waals surface area contributed by atoms with Gasteiger partial charge in [-0.05, 0) is 18.4 Å². The Balaban J connectivity index is 2.66. The molecule has 1 rings (SSSR count). The van der Waals surface area contributed by atoms with Gasteiger partial charge in [0.25, 0.3) is 0 Å². The van der Waals surface area contributed by atoms with E-state index in [-0.39, 0.29) is 6.04 Å². The Kier molecular flexibility index (Phi) is 2.94. The van der Waals surface area contributed by atoms with Crippen LogP contribution in [-0.2, 0) is 4.79 Å². The van der Waals surface area contributed by atoms with E-state index in [1.807, 2.05) is 0 Å². The van der Waals surface area contributed by atoms with Gasteiger partial charge < -0.3 is 0 Å². The predicted octanol–water partition coefficient (Wildman–Crippen LogP) is 2.60. The molecule has 0 aromatic heterocycles. The van der Waals surface area contributed by atoms with Crippen molar-refractivity contribution in [3.05, 3.63) is 12.2 Å². The van der Waals surface area contributed by atoms with Crippen LogP contribution in [0.5, 0.6) is 0 Å². The minimum atomic E-state index is -0.716. The second kappa shape index (κ2) is 3.61. The molecule has 1 aliphatic carbocycles. The number of aliphatic imine (C=N–C) groups is 1. The van der Waals surface area contributed by atoms with Gasteiger partial charge in [0.15, 0.2) is 0 Å². The third kappa shape index (κ3) is 2.34. The van der Waals surface area contributed by atoms with Crippen LogP contribution in [0.1, 0.15) is 19.3 Å². The number of hydrogen-bond acceptors (Lipinski definition) is 2. The molecule has 2 nitrogen and oxygen atoms in total. The van der Waals surface area contributed by atoms with Gasteiger partial charge in [-0.15, -0.1) is 23.2 Å². The molecule has 4 heteroatoms. The first kappa shape index (κ1) is 9.79. The number of nitrogens with zero attached hydrogens (tertiary/aromatic N) is 1. The highest BCUT2D eigenvalue weighted by Crippen LogP contribution is 2.40. The van der Waals surface area contributed by atoms with Crippen molar-refractivity contribution >= 4 is 29.3 Å². The SMILES string of the molecule is C=C1CC(Cl)(Cl)CCC1N=C=O. The Morgan fingerprint density at radius 3 is 2.83 bits per heavy atom. The fourth-order valence-corrected chi connectivity index (χ4v) is 1.87. The van der Waals surface area contributed by atoms with Gasteiger partial charge in [-0.1, -0.05) is 6.58 Å². The normalized spacial score (nSPS) is 27.8. The zero-order valence-corrected chi connectivity index (χ0v) is 8.03. The summed E-state index contributed by atoms with van der Waals surface area (Å²) in [6.07, 6.45) is 3.35. The van der Waals surface area contributed by atoms with Crippen molar-refractivity contribution in [3.63, 3.8) is 0 Å². The quantitative estimate of drug-likeness (QED) is 0.280. The summed E-state index contributed by atoms with van der Waals surface area (Å²) in [5.41, 5.74) is 0.814. The first-order valence-corrected chi connectivity index (χ1v) is 4.43. The maximum atomic E-state index is 9.98. The van der Waals surface area contributed by atoms with Crippen LogP contribution in [0, 0.1) is 0 Å². The molecule has 0 aromatic rings. The maximum absolute atomic E-state index is 9.98. The summed E-state index contributed by atoms with van der Waals surface area (Å²) < 4.78 is -0.716. The lowest BCUT2D eigenvalue weighted by atomic mass is 9.91. The lowest BCUT2D eigenvalue weighted by Crippen LogP contribution is -2.26. The van der Waals surface area contributed by atoms with E-state index < -0.39 is 4.33 Å².